The van der Waals surface area contributed by atoms with Gasteiger partial charge in [0.2, 0.25) is 0 Å². The average molecular weight is 237 g/mol. The molecule has 0 fully saturated rings. The second-order valence-corrected chi connectivity index (χ2v) is 5.22. The molecule has 0 aromatic carbocycles. The van der Waals surface area contributed by atoms with Crippen molar-refractivity contribution < 1.29 is 4.79 Å². The van der Waals surface area contributed by atoms with E-state index < -0.39 is 0 Å². The molecule has 0 aliphatic heterocycles. The van der Waals surface area contributed by atoms with Crippen LogP contribution in [0.4, 0.5) is 0 Å². The number of hydrogen-bond donors (Lipinski definition) is 1. The van der Waals surface area contributed by atoms with Crippen molar-refractivity contribution in [3.63, 3.8) is 0 Å². The van der Waals surface area contributed by atoms with E-state index in [1.54, 1.807) is 20.9 Å². The number of nitrogens with zero attached hydrogens (tertiary/aromatic N) is 2. The predicted octanol–water partition coefficient (Wildman–Crippen LogP) is 0.925. The number of rotatable bonds is 1. The molecule has 0 bridgehead atoms. The molecule has 0 saturated heterocycles. The van der Waals surface area contributed by atoms with Gasteiger partial charge in [-0.3, -0.25) is 9.59 Å². The molecule has 0 saturated carbocycles. The van der Waals surface area contributed by atoms with Crippen LogP contribution >= 0.6 is 0 Å². The molecule has 0 aliphatic rings. The Morgan fingerprint density at radius 3 is 2.29 bits per heavy atom. The van der Waals surface area contributed by atoms with Crippen molar-refractivity contribution in [2.75, 3.05) is 0 Å². The van der Waals surface area contributed by atoms with Crippen LogP contribution in [-0.4, -0.2) is 21.2 Å². The van der Waals surface area contributed by atoms with Crippen LogP contribution in [0.1, 0.15) is 42.4 Å². The number of carbonyl (C=O) groups excluding carboxylic acids is 1. The standard InChI is InChI=1S/C12H19N3O2/c1-7-8(2)14-15(6)11(17)9(7)10(16)13-12(3,4)5/h1-6H3,(H,13,16). The van der Waals surface area contributed by atoms with E-state index in [1.807, 2.05) is 20.8 Å². The van der Waals surface area contributed by atoms with Gasteiger partial charge in [0.1, 0.15) is 5.56 Å². The lowest BCUT2D eigenvalue weighted by molar-refractivity contribution is 0.0916. The normalized spacial score (nSPS) is 11.4. The van der Waals surface area contributed by atoms with Crippen molar-refractivity contribution in [3.8, 4) is 0 Å². The van der Waals surface area contributed by atoms with E-state index in [2.05, 4.69) is 10.4 Å². The third kappa shape index (κ3) is 2.93. The Kier molecular flexibility index (Phi) is 3.40. The SMILES string of the molecule is Cc1nn(C)c(=O)c(C(=O)NC(C)(C)C)c1C. The van der Waals surface area contributed by atoms with Crippen molar-refractivity contribution in [1.82, 2.24) is 15.1 Å². The van der Waals surface area contributed by atoms with Crippen molar-refractivity contribution in [1.29, 1.82) is 0 Å². The number of aromatic nitrogens is 2. The van der Waals surface area contributed by atoms with Gasteiger partial charge in [-0.2, -0.15) is 5.10 Å². The highest BCUT2D eigenvalue weighted by atomic mass is 16.2. The lowest BCUT2D eigenvalue weighted by atomic mass is 10.1. The summed E-state index contributed by atoms with van der Waals surface area (Å²) < 4.78 is 1.19. The topological polar surface area (TPSA) is 64.0 Å². The van der Waals surface area contributed by atoms with Gasteiger partial charge in [-0.15, -0.1) is 0 Å². The van der Waals surface area contributed by atoms with Crippen LogP contribution in [0.3, 0.4) is 0 Å². The van der Waals surface area contributed by atoms with Gasteiger partial charge < -0.3 is 5.32 Å². The van der Waals surface area contributed by atoms with Gasteiger partial charge >= 0.3 is 0 Å². The first-order valence-corrected chi connectivity index (χ1v) is 5.50. The molecular weight excluding hydrogens is 218 g/mol. The highest BCUT2D eigenvalue weighted by molar-refractivity contribution is 5.95. The van der Waals surface area contributed by atoms with Gasteiger partial charge in [-0.25, -0.2) is 4.68 Å². The fraction of sp³-hybridized carbons (Fsp3) is 0.583. The number of hydrogen-bond acceptors (Lipinski definition) is 3. The highest BCUT2D eigenvalue weighted by Gasteiger charge is 2.21. The first-order valence-electron chi connectivity index (χ1n) is 5.50. The number of nitrogens with one attached hydrogen (secondary N) is 1. The summed E-state index contributed by atoms with van der Waals surface area (Å²) >= 11 is 0. The van der Waals surface area contributed by atoms with Gasteiger partial charge in [-0.1, -0.05) is 0 Å². The van der Waals surface area contributed by atoms with Gasteiger partial charge in [0.05, 0.1) is 5.69 Å². The van der Waals surface area contributed by atoms with E-state index in [-0.39, 0.29) is 22.6 Å². The second-order valence-electron chi connectivity index (χ2n) is 5.22. The molecular formula is C12H19N3O2. The average Bonchev–Trinajstić information content (AvgIpc) is 2.12. The van der Waals surface area contributed by atoms with Crippen LogP contribution in [-0.2, 0) is 7.05 Å². The Bertz CT molecular complexity index is 510. The molecule has 94 valence electrons. The van der Waals surface area contributed by atoms with Crippen molar-refractivity contribution in [3.05, 3.63) is 27.2 Å². The third-order valence-electron chi connectivity index (χ3n) is 2.44. The Morgan fingerprint density at radius 2 is 1.82 bits per heavy atom. The molecule has 0 spiro atoms. The van der Waals surface area contributed by atoms with E-state index in [4.69, 9.17) is 0 Å². The quantitative estimate of drug-likeness (QED) is 0.790. The summed E-state index contributed by atoms with van der Waals surface area (Å²) in [7, 11) is 1.54. The predicted molar refractivity (Wildman–Crippen MR) is 66.2 cm³/mol. The largest absolute Gasteiger partial charge is 0.347 e. The summed E-state index contributed by atoms with van der Waals surface area (Å²) in [6, 6.07) is 0. The minimum Gasteiger partial charge on any atom is -0.347 e. The molecule has 1 N–H and O–H groups in total. The van der Waals surface area contributed by atoms with E-state index in [0.717, 1.165) is 0 Å². The molecule has 0 atom stereocenters. The Balaban J connectivity index is 3.32. The van der Waals surface area contributed by atoms with Crippen LogP contribution in [0.2, 0.25) is 0 Å². The maximum atomic E-state index is 12.1. The van der Waals surface area contributed by atoms with Gasteiger partial charge in [0, 0.05) is 12.6 Å². The molecule has 1 aromatic heterocycles. The lowest BCUT2D eigenvalue weighted by Gasteiger charge is -2.21. The van der Waals surface area contributed by atoms with Gasteiger partial charge in [-0.05, 0) is 40.2 Å². The van der Waals surface area contributed by atoms with Crippen LogP contribution in [0, 0.1) is 13.8 Å². The fourth-order valence-electron chi connectivity index (χ4n) is 1.52. The molecule has 1 aromatic rings. The first-order chi connectivity index (χ1) is 7.63. The number of aryl methyl sites for hydroxylation is 2. The maximum absolute atomic E-state index is 12.1. The summed E-state index contributed by atoms with van der Waals surface area (Å²) in [5, 5.41) is 6.83. The van der Waals surface area contributed by atoms with E-state index in [0.29, 0.717) is 11.3 Å². The summed E-state index contributed by atoms with van der Waals surface area (Å²) in [6.07, 6.45) is 0. The highest BCUT2D eigenvalue weighted by Crippen LogP contribution is 2.08. The minimum absolute atomic E-state index is 0.176. The molecule has 5 heteroatoms. The summed E-state index contributed by atoms with van der Waals surface area (Å²) in [5.41, 5.74) is 0.761. The molecule has 0 radical (unpaired) electrons. The zero-order valence-corrected chi connectivity index (χ0v) is 11.2. The molecule has 0 unspecified atom stereocenters. The first kappa shape index (κ1) is 13.4. The van der Waals surface area contributed by atoms with Gasteiger partial charge in [0.25, 0.3) is 11.5 Å². The monoisotopic (exact) mass is 237 g/mol. The fourth-order valence-corrected chi connectivity index (χ4v) is 1.52. The van der Waals surface area contributed by atoms with E-state index >= 15 is 0 Å². The lowest BCUT2D eigenvalue weighted by Crippen LogP contribution is -2.44. The Hall–Kier alpha value is -1.65. The summed E-state index contributed by atoms with van der Waals surface area (Å²) in [4.78, 5) is 24.0. The smallest absolute Gasteiger partial charge is 0.279 e. The maximum Gasteiger partial charge on any atom is 0.279 e. The Morgan fingerprint density at radius 1 is 1.29 bits per heavy atom. The summed E-state index contributed by atoms with van der Waals surface area (Å²) in [5.74, 6) is -0.346. The van der Waals surface area contributed by atoms with Crippen LogP contribution in [0.5, 0.6) is 0 Å². The number of carbonyl (C=O) groups is 1. The zero-order valence-electron chi connectivity index (χ0n) is 11.2. The number of amides is 1. The van der Waals surface area contributed by atoms with E-state index in [1.165, 1.54) is 4.68 Å². The van der Waals surface area contributed by atoms with Crippen molar-refractivity contribution in [2.24, 2.45) is 7.05 Å². The molecule has 5 nitrogen and oxygen atoms in total. The minimum atomic E-state index is -0.369. The van der Waals surface area contributed by atoms with Crippen LogP contribution < -0.4 is 10.9 Å². The van der Waals surface area contributed by atoms with Gasteiger partial charge in [0.15, 0.2) is 0 Å². The molecule has 0 aliphatic carbocycles. The molecule has 1 rings (SSSR count). The van der Waals surface area contributed by atoms with Crippen LogP contribution in [0.25, 0.3) is 0 Å². The van der Waals surface area contributed by atoms with Crippen molar-refractivity contribution in [2.45, 2.75) is 40.2 Å². The molecule has 1 heterocycles. The molecule has 1 amide bonds. The second kappa shape index (κ2) is 4.31. The zero-order chi connectivity index (χ0) is 13.4. The third-order valence-corrected chi connectivity index (χ3v) is 2.44. The van der Waals surface area contributed by atoms with Crippen LogP contribution in [0.15, 0.2) is 4.79 Å². The van der Waals surface area contributed by atoms with E-state index in [9.17, 15) is 9.59 Å². The summed E-state index contributed by atoms with van der Waals surface area (Å²) in [6.45, 7) is 9.14. The Labute approximate surface area is 101 Å². The molecule has 17 heavy (non-hydrogen) atoms. The van der Waals surface area contributed by atoms with Crippen molar-refractivity contribution >= 4 is 5.91 Å².